The Morgan fingerprint density at radius 3 is 2.77 bits per heavy atom. The molecular weight excluding hydrogens is 378 g/mol. The Labute approximate surface area is 176 Å². The quantitative estimate of drug-likeness (QED) is 0.612. The Morgan fingerprint density at radius 1 is 1.20 bits per heavy atom. The Morgan fingerprint density at radius 2 is 1.97 bits per heavy atom. The number of ether oxygens (including phenoxy) is 1. The average Bonchev–Trinajstić information content (AvgIpc) is 3.22. The fourth-order valence-corrected chi connectivity index (χ4v) is 3.96. The zero-order chi connectivity index (χ0) is 20.9. The summed E-state index contributed by atoms with van der Waals surface area (Å²) in [6, 6.07) is 17.5. The first-order valence-corrected chi connectivity index (χ1v) is 10.5. The van der Waals surface area contributed by atoms with E-state index >= 15 is 0 Å². The van der Waals surface area contributed by atoms with Gasteiger partial charge in [-0.25, -0.2) is 0 Å². The lowest BCUT2D eigenvalue weighted by Gasteiger charge is -2.33. The number of hydrogen-bond donors (Lipinski definition) is 0. The Bertz CT molecular complexity index is 986. The number of carbonyl (C=O) groups excluding carboxylic acids is 1. The fraction of sp³-hybridized carbons (Fsp3) is 0.375. The molecule has 1 amide bonds. The largest absolute Gasteiger partial charge is 0.481 e. The summed E-state index contributed by atoms with van der Waals surface area (Å²) in [4.78, 5) is 19.4. The van der Waals surface area contributed by atoms with Gasteiger partial charge in [0.15, 0.2) is 6.10 Å². The van der Waals surface area contributed by atoms with Crippen molar-refractivity contribution in [3.63, 3.8) is 0 Å². The maximum absolute atomic E-state index is 12.9. The number of para-hydroxylation sites is 1. The number of nitrogens with zero attached hydrogens (tertiary/aromatic N) is 3. The van der Waals surface area contributed by atoms with Crippen molar-refractivity contribution in [3.8, 4) is 17.1 Å². The molecule has 3 aromatic rings. The van der Waals surface area contributed by atoms with Crippen LogP contribution in [0.15, 0.2) is 59.1 Å². The normalized spacial score (nSPS) is 17.5. The van der Waals surface area contributed by atoms with Crippen LogP contribution >= 0.6 is 0 Å². The summed E-state index contributed by atoms with van der Waals surface area (Å²) in [5.41, 5.74) is 2.10. The molecule has 2 heterocycles. The minimum absolute atomic E-state index is 0.0229. The van der Waals surface area contributed by atoms with Crippen LogP contribution in [0.25, 0.3) is 11.4 Å². The SMILES string of the molecule is Cc1ccccc1-c1noc(CC2CCCN(C(=O)C(C)Oc3ccccc3)C2)n1. The van der Waals surface area contributed by atoms with E-state index in [0.29, 0.717) is 36.3 Å². The molecule has 0 N–H and O–H groups in total. The van der Waals surface area contributed by atoms with E-state index in [4.69, 9.17) is 9.26 Å². The first kappa shape index (κ1) is 20.1. The van der Waals surface area contributed by atoms with Gasteiger partial charge in [-0.15, -0.1) is 0 Å². The molecule has 2 unspecified atom stereocenters. The Balaban J connectivity index is 1.36. The van der Waals surface area contributed by atoms with Crippen LogP contribution in [0.3, 0.4) is 0 Å². The van der Waals surface area contributed by atoms with Crippen LogP contribution in [0.5, 0.6) is 5.75 Å². The monoisotopic (exact) mass is 405 g/mol. The first-order chi connectivity index (χ1) is 14.6. The molecule has 6 heteroatoms. The van der Waals surface area contributed by atoms with E-state index in [9.17, 15) is 4.79 Å². The number of benzene rings is 2. The fourth-order valence-electron chi connectivity index (χ4n) is 3.96. The lowest BCUT2D eigenvalue weighted by atomic mass is 9.94. The van der Waals surface area contributed by atoms with Gasteiger partial charge in [-0.05, 0) is 50.3 Å². The highest BCUT2D eigenvalue weighted by Crippen LogP contribution is 2.24. The zero-order valence-corrected chi connectivity index (χ0v) is 17.5. The molecule has 0 saturated carbocycles. The van der Waals surface area contributed by atoms with Crippen LogP contribution in [0.2, 0.25) is 0 Å². The number of hydrogen-bond acceptors (Lipinski definition) is 5. The first-order valence-electron chi connectivity index (χ1n) is 10.5. The molecule has 1 saturated heterocycles. The molecule has 4 rings (SSSR count). The minimum atomic E-state index is -0.512. The van der Waals surface area contributed by atoms with Gasteiger partial charge < -0.3 is 14.2 Å². The molecular formula is C24H27N3O3. The summed E-state index contributed by atoms with van der Waals surface area (Å²) in [6.07, 6.45) is 2.17. The van der Waals surface area contributed by atoms with Gasteiger partial charge in [0, 0.05) is 25.1 Å². The summed E-state index contributed by atoms with van der Waals surface area (Å²) in [5.74, 6) is 2.28. The summed E-state index contributed by atoms with van der Waals surface area (Å²) >= 11 is 0. The van der Waals surface area contributed by atoms with Gasteiger partial charge in [-0.1, -0.05) is 47.6 Å². The van der Waals surface area contributed by atoms with Gasteiger partial charge in [0.05, 0.1) is 0 Å². The second kappa shape index (κ2) is 9.11. The van der Waals surface area contributed by atoms with E-state index in [0.717, 1.165) is 30.5 Å². The number of rotatable bonds is 6. The maximum Gasteiger partial charge on any atom is 0.263 e. The number of carbonyl (C=O) groups is 1. The van der Waals surface area contributed by atoms with E-state index in [1.165, 1.54) is 0 Å². The Hall–Kier alpha value is -3.15. The third-order valence-corrected chi connectivity index (χ3v) is 5.55. The van der Waals surface area contributed by atoms with Gasteiger partial charge in [0.25, 0.3) is 5.91 Å². The second-order valence-corrected chi connectivity index (χ2v) is 7.90. The maximum atomic E-state index is 12.9. The van der Waals surface area contributed by atoms with E-state index < -0.39 is 6.10 Å². The molecule has 0 radical (unpaired) electrons. The Kier molecular flexibility index (Phi) is 6.12. The lowest BCUT2D eigenvalue weighted by molar-refractivity contribution is -0.139. The van der Waals surface area contributed by atoms with Crippen LogP contribution in [0, 0.1) is 12.8 Å². The van der Waals surface area contributed by atoms with Gasteiger partial charge >= 0.3 is 0 Å². The van der Waals surface area contributed by atoms with Gasteiger partial charge in [0.1, 0.15) is 5.75 Å². The molecule has 1 fully saturated rings. The number of likely N-dealkylation sites (tertiary alicyclic amines) is 1. The predicted octanol–water partition coefficient (Wildman–Crippen LogP) is 4.29. The topological polar surface area (TPSA) is 68.5 Å². The van der Waals surface area contributed by atoms with Crippen LogP contribution in [0.4, 0.5) is 0 Å². The smallest absolute Gasteiger partial charge is 0.263 e. The summed E-state index contributed by atoms with van der Waals surface area (Å²) < 4.78 is 11.3. The van der Waals surface area contributed by atoms with Crippen LogP contribution < -0.4 is 4.74 Å². The molecule has 1 aromatic heterocycles. The highest BCUT2D eigenvalue weighted by atomic mass is 16.5. The number of amides is 1. The number of piperidine rings is 1. The molecule has 0 aliphatic carbocycles. The van der Waals surface area contributed by atoms with Gasteiger partial charge in [0.2, 0.25) is 11.7 Å². The molecule has 2 aromatic carbocycles. The van der Waals surface area contributed by atoms with E-state index in [1.54, 1.807) is 0 Å². The molecule has 2 atom stereocenters. The van der Waals surface area contributed by atoms with Crippen LogP contribution in [-0.2, 0) is 11.2 Å². The van der Waals surface area contributed by atoms with Crippen molar-refractivity contribution in [3.05, 3.63) is 66.1 Å². The van der Waals surface area contributed by atoms with E-state index in [-0.39, 0.29) is 5.91 Å². The van der Waals surface area contributed by atoms with Crippen molar-refractivity contribution < 1.29 is 14.1 Å². The minimum Gasteiger partial charge on any atom is -0.481 e. The molecule has 6 nitrogen and oxygen atoms in total. The van der Waals surface area contributed by atoms with Crippen LogP contribution in [0.1, 0.15) is 31.2 Å². The van der Waals surface area contributed by atoms with E-state index in [2.05, 4.69) is 10.1 Å². The van der Waals surface area contributed by atoms with Crippen molar-refractivity contribution in [2.45, 2.75) is 39.2 Å². The van der Waals surface area contributed by atoms with Crippen molar-refractivity contribution in [2.75, 3.05) is 13.1 Å². The van der Waals surface area contributed by atoms with E-state index in [1.807, 2.05) is 73.3 Å². The van der Waals surface area contributed by atoms with Crippen molar-refractivity contribution in [2.24, 2.45) is 5.92 Å². The summed E-state index contributed by atoms with van der Waals surface area (Å²) in [7, 11) is 0. The standard InChI is InChI=1S/C24H27N3O3/c1-17-9-6-7-13-21(17)23-25-22(30-26-23)15-19-10-8-14-27(16-19)24(28)18(2)29-20-11-4-3-5-12-20/h3-7,9,11-13,18-19H,8,10,14-16H2,1-2H3. The predicted molar refractivity (Wildman–Crippen MR) is 114 cm³/mol. The lowest BCUT2D eigenvalue weighted by Crippen LogP contribution is -2.46. The molecule has 30 heavy (non-hydrogen) atoms. The molecule has 0 bridgehead atoms. The van der Waals surface area contributed by atoms with Crippen molar-refractivity contribution in [1.82, 2.24) is 15.0 Å². The van der Waals surface area contributed by atoms with Crippen molar-refractivity contribution in [1.29, 1.82) is 0 Å². The summed E-state index contributed by atoms with van der Waals surface area (Å²) in [6.45, 7) is 5.29. The summed E-state index contributed by atoms with van der Waals surface area (Å²) in [5, 5.41) is 4.16. The third kappa shape index (κ3) is 4.70. The molecule has 1 aliphatic rings. The highest BCUT2D eigenvalue weighted by Gasteiger charge is 2.29. The third-order valence-electron chi connectivity index (χ3n) is 5.55. The highest BCUT2D eigenvalue weighted by molar-refractivity contribution is 5.81. The van der Waals surface area contributed by atoms with Crippen molar-refractivity contribution >= 4 is 5.91 Å². The van der Waals surface area contributed by atoms with Crippen LogP contribution in [-0.4, -0.2) is 40.1 Å². The number of aromatic nitrogens is 2. The second-order valence-electron chi connectivity index (χ2n) is 7.90. The zero-order valence-electron chi connectivity index (χ0n) is 17.5. The van der Waals surface area contributed by atoms with Gasteiger partial charge in [-0.3, -0.25) is 4.79 Å². The molecule has 156 valence electrons. The number of aryl methyl sites for hydroxylation is 1. The molecule has 1 aliphatic heterocycles. The average molecular weight is 405 g/mol. The molecule has 0 spiro atoms. The van der Waals surface area contributed by atoms with Gasteiger partial charge in [-0.2, -0.15) is 4.98 Å².